The summed E-state index contributed by atoms with van der Waals surface area (Å²) in [6.07, 6.45) is 3.59. The zero-order valence-electron chi connectivity index (χ0n) is 12.4. The molecule has 4 heteroatoms. The molecule has 0 radical (unpaired) electrons. The van der Waals surface area contributed by atoms with E-state index < -0.39 is 5.60 Å². The SMILES string of the molecule is CN(C(=O)OC(C)(C)C)[C@H]1CC[C@H](C#CCO)CC1. The number of carbonyl (C=O) groups is 1. The molecule has 1 fully saturated rings. The predicted octanol–water partition coefficient (Wildman–Crippen LogP) is 2.41. The zero-order valence-corrected chi connectivity index (χ0v) is 12.4. The third kappa shape index (κ3) is 5.52. The van der Waals surface area contributed by atoms with Crippen LogP contribution in [0.5, 0.6) is 0 Å². The van der Waals surface area contributed by atoms with Crippen LogP contribution in [0.4, 0.5) is 4.79 Å². The molecule has 1 saturated carbocycles. The smallest absolute Gasteiger partial charge is 0.410 e. The van der Waals surface area contributed by atoms with Crippen LogP contribution in [0, 0.1) is 17.8 Å². The minimum Gasteiger partial charge on any atom is -0.444 e. The van der Waals surface area contributed by atoms with Gasteiger partial charge in [-0.2, -0.15) is 0 Å². The lowest BCUT2D eigenvalue weighted by Gasteiger charge is -2.34. The van der Waals surface area contributed by atoms with Crippen LogP contribution in [0.25, 0.3) is 0 Å². The first-order valence-corrected chi connectivity index (χ1v) is 6.88. The third-order valence-electron chi connectivity index (χ3n) is 3.31. The fourth-order valence-electron chi connectivity index (χ4n) is 2.28. The number of hydrogen-bond acceptors (Lipinski definition) is 3. The van der Waals surface area contributed by atoms with Crippen molar-refractivity contribution >= 4 is 6.09 Å². The molecule has 1 aliphatic rings. The van der Waals surface area contributed by atoms with Crippen LogP contribution in [0.3, 0.4) is 0 Å². The number of aliphatic hydroxyl groups excluding tert-OH is 1. The van der Waals surface area contributed by atoms with Gasteiger partial charge in [0.25, 0.3) is 0 Å². The fourth-order valence-corrected chi connectivity index (χ4v) is 2.28. The molecule has 19 heavy (non-hydrogen) atoms. The summed E-state index contributed by atoms with van der Waals surface area (Å²) in [7, 11) is 1.80. The maximum atomic E-state index is 12.0. The average Bonchev–Trinajstić information content (AvgIpc) is 2.34. The van der Waals surface area contributed by atoms with Crippen molar-refractivity contribution in [2.75, 3.05) is 13.7 Å². The van der Waals surface area contributed by atoms with Gasteiger partial charge < -0.3 is 14.7 Å². The second-order valence-corrected chi connectivity index (χ2v) is 6.08. The van der Waals surface area contributed by atoms with E-state index in [1.165, 1.54) is 0 Å². The Morgan fingerprint density at radius 2 is 1.89 bits per heavy atom. The normalized spacial score (nSPS) is 23.2. The monoisotopic (exact) mass is 267 g/mol. The molecular formula is C15H25NO3. The average molecular weight is 267 g/mol. The molecule has 0 unspecified atom stereocenters. The topological polar surface area (TPSA) is 49.8 Å². The summed E-state index contributed by atoms with van der Waals surface area (Å²) in [5, 5.41) is 8.68. The summed E-state index contributed by atoms with van der Waals surface area (Å²) in [4.78, 5) is 13.7. The van der Waals surface area contributed by atoms with Crippen LogP contribution in [-0.2, 0) is 4.74 Å². The van der Waals surface area contributed by atoms with Gasteiger partial charge in [-0.25, -0.2) is 4.79 Å². The molecule has 0 saturated heterocycles. The van der Waals surface area contributed by atoms with Crippen molar-refractivity contribution in [3.8, 4) is 11.8 Å². The molecule has 1 rings (SSSR count). The van der Waals surface area contributed by atoms with Gasteiger partial charge in [-0.15, -0.1) is 0 Å². The molecule has 4 nitrogen and oxygen atoms in total. The minimum absolute atomic E-state index is 0.0717. The lowest BCUT2D eigenvalue weighted by molar-refractivity contribution is 0.0180. The van der Waals surface area contributed by atoms with E-state index in [-0.39, 0.29) is 18.7 Å². The van der Waals surface area contributed by atoms with E-state index in [2.05, 4.69) is 11.8 Å². The van der Waals surface area contributed by atoms with E-state index in [1.807, 2.05) is 20.8 Å². The highest BCUT2D eigenvalue weighted by Crippen LogP contribution is 2.27. The molecule has 0 atom stereocenters. The number of aliphatic hydroxyl groups is 1. The van der Waals surface area contributed by atoms with Crippen molar-refractivity contribution in [2.24, 2.45) is 5.92 Å². The molecular weight excluding hydrogens is 242 g/mol. The number of rotatable bonds is 1. The molecule has 108 valence electrons. The van der Waals surface area contributed by atoms with Gasteiger partial charge >= 0.3 is 6.09 Å². The lowest BCUT2D eigenvalue weighted by Crippen LogP contribution is -2.42. The number of amides is 1. The number of nitrogens with zero attached hydrogens (tertiary/aromatic N) is 1. The van der Waals surface area contributed by atoms with E-state index in [1.54, 1.807) is 11.9 Å². The van der Waals surface area contributed by atoms with E-state index in [0.29, 0.717) is 5.92 Å². The number of ether oxygens (including phenoxy) is 1. The highest BCUT2D eigenvalue weighted by Gasteiger charge is 2.28. The summed E-state index contributed by atoms with van der Waals surface area (Å²) >= 11 is 0. The van der Waals surface area contributed by atoms with Crippen molar-refractivity contribution < 1.29 is 14.6 Å². The van der Waals surface area contributed by atoms with Crippen LogP contribution in [-0.4, -0.2) is 41.4 Å². The van der Waals surface area contributed by atoms with Gasteiger partial charge in [0, 0.05) is 19.0 Å². The van der Waals surface area contributed by atoms with Gasteiger partial charge in [-0.05, 0) is 46.5 Å². The Kier molecular flexibility index (Phi) is 5.68. The van der Waals surface area contributed by atoms with Crippen molar-refractivity contribution in [3.05, 3.63) is 0 Å². The molecule has 0 aromatic rings. The summed E-state index contributed by atoms with van der Waals surface area (Å²) in [6.45, 7) is 5.55. The Bertz CT molecular complexity index is 354. The molecule has 0 aliphatic heterocycles. The molecule has 0 bridgehead atoms. The van der Waals surface area contributed by atoms with E-state index in [4.69, 9.17) is 9.84 Å². The van der Waals surface area contributed by atoms with Crippen LogP contribution < -0.4 is 0 Å². The number of carbonyl (C=O) groups excluding carboxylic acids is 1. The molecule has 1 aliphatic carbocycles. The second-order valence-electron chi connectivity index (χ2n) is 6.08. The summed E-state index contributed by atoms with van der Waals surface area (Å²) in [5.41, 5.74) is -0.449. The first-order chi connectivity index (χ1) is 8.83. The van der Waals surface area contributed by atoms with Crippen LogP contribution >= 0.6 is 0 Å². The zero-order chi connectivity index (χ0) is 14.5. The van der Waals surface area contributed by atoms with Gasteiger partial charge in [0.2, 0.25) is 0 Å². The van der Waals surface area contributed by atoms with Crippen LogP contribution in [0.1, 0.15) is 46.5 Å². The molecule has 0 aromatic carbocycles. The van der Waals surface area contributed by atoms with Crippen LogP contribution in [0.15, 0.2) is 0 Å². The highest BCUT2D eigenvalue weighted by atomic mass is 16.6. The summed E-state index contributed by atoms with van der Waals surface area (Å²) < 4.78 is 5.37. The Morgan fingerprint density at radius 1 is 1.32 bits per heavy atom. The predicted molar refractivity (Wildman–Crippen MR) is 74.6 cm³/mol. The van der Waals surface area contributed by atoms with Gasteiger partial charge in [-0.1, -0.05) is 11.8 Å². The van der Waals surface area contributed by atoms with Crippen molar-refractivity contribution in [1.82, 2.24) is 4.90 Å². The maximum Gasteiger partial charge on any atom is 0.410 e. The second kappa shape index (κ2) is 6.81. The number of hydrogen-bond donors (Lipinski definition) is 1. The molecule has 1 amide bonds. The highest BCUT2D eigenvalue weighted by molar-refractivity contribution is 5.68. The molecule has 0 heterocycles. The molecule has 0 aromatic heterocycles. The summed E-state index contributed by atoms with van der Waals surface area (Å²) in [5.74, 6) is 6.14. The standard InChI is InChI=1S/C15H25NO3/c1-15(2,3)19-14(18)16(4)13-9-7-12(8-10-13)6-5-11-17/h12-13,17H,7-11H2,1-4H3/t12-,13-. The Morgan fingerprint density at radius 3 is 2.37 bits per heavy atom. The van der Waals surface area contributed by atoms with Crippen molar-refractivity contribution in [1.29, 1.82) is 0 Å². The quantitative estimate of drug-likeness (QED) is 0.742. The summed E-state index contributed by atoms with van der Waals surface area (Å²) in [6, 6.07) is 0.238. The lowest BCUT2D eigenvalue weighted by atomic mass is 9.86. The van der Waals surface area contributed by atoms with Crippen molar-refractivity contribution in [3.63, 3.8) is 0 Å². The first kappa shape index (κ1) is 15.8. The maximum absolute atomic E-state index is 12.0. The minimum atomic E-state index is -0.449. The van der Waals surface area contributed by atoms with E-state index in [0.717, 1.165) is 25.7 Å². The van der Waals surface area contributed by atoms with Crippen molar-refractivity contribution in [2.45, 2.75) is 58.1 Å². The van der Waals surface area contributed by atoms with Gasteiger partial charge in [0.15, 0.2) is 0 Å². The van der Waals surface area contributed by atoms with Gasteiger partial charge in [0.05, 0.1) is 0 Å². The Balaban J connectivity index is 2.44. The van der Waals surface area contributed by atoms with Gasteiger partial charge in [0.1, 0.15) is 12.2 Å². The largest absolute Gasteiger partial charge is 0.444 e. The fraction of sp³-hybridized carbons (Fsp3) is 0.800. The van der Waals surface area contributed by atoms with E-state index in [9.17, 15) is 4.79 Å². The van der Waals surface area contributed by atoms with Crippen LogP contribution in [0.2, 0.25) is 0 Å². The Hall–Kier alpha value is -1.21. The van der Waals surface area contributed by atoms with E-state index >= 15 is 0 Å². The first-order valence-electron chi connectivity index (χ1n) is 6.88. The third-order valence-corrected chi connectivity index (χ3v) is 3.31. The Labute approximate surface area is 116 Å². The van der Waals surface area contributed by atoms with Gasteiger partial charge in [-0.3, -0.25) is 0 Å². The molecule has 0 spiro atoms. The molecule has 1 N–H and O–H groups in total.